The zero-order valence-corrected chi connectivity index (χ0v) is 53.6. The van der Waals surface area contributed by atoms with Crippen LogP contribution in [-0.2, 0) is 33.2 Å². The molecule has 3 saturated heterocycles. The monoisotopic (exact) mass is 1230 g/mol. The molecule has 17 unspecified atom stereocenters. The van der Waals surface area contributed by atoms with Crippen LogP contribution in [-0.4, -0.2) is 193 Å². The maximum atomic E-state index is 13.3. The first-order chi connectivity index (χ1) is 41.8. The van der Waals surface area contributed by atoms with Gasteiger partial charge in [0.05, 0.1) is 38.6 Å². The molecule has 0 aromatic heterocycles. The van der Waals surface area contributed by atoms with Gasteiger partial charge < -0.3 is 89.9 Å². The summed E-state index contributed by atoms with van der Waals surface area (Å²) in [6.07, 6.45) is 28.2. The van der Waals surface area contributed by atoms with Crippen LogP contribution in [0.4, 0.5) is 0 Å². The van der Waals surface area contributed by atoms with E-state index < -0.39 is 124 Å². The van der Waals surface area contributed by atoms with Crippen LogP contribution in [0.2, 0.25) is 0 Å². The first-order valence-corrected chi connectivity index (χ1v) is 34.9. The number of aliphatic hydroxyl groups is 11. The van der Waals surface area contributed by atoms with Gasteiger partial charge in [-0.1, -0.05) is 264 Å². The van der Waals surface area contributed by atoms with Crippen molar-refractivity contribution in [2.24, 2.45) is 0 Å². The number of amides is 1. The fourth-order valence-corrected chi connectivity index (χ4v) is 12.1. The Labute approximate surface area is 518 Å². The van der Waals surface area contributed by atoms with Crippen LogP contribution in [0, 0.1) is 0 Å². The van der Waals surface area contributed by atoms with Gasteiger partial charge in [-0.25, -0.2) is 0 Å². The molecule has 508 valence electrons. The van der Waals surface area contributed by atoms with Crippen LogP contribution < -0.4 is 5.32 Å². The lowest BCUT2D eigenvalue weighted by molar-refractivity contribution is -0.379. The van der Waals surface area contributed by atoms with Crippen LogP contribution in [0.15, 0.2) is 12.2 Å². The smallest absolute Gasteiger partial charge is 0.220 e. The highest BCUT2D eigenvalue weighted by Crippen LogP contribution is 2.33. The minimum absolute atomic E-state index is 0.249. The summed E-state index contributed by atoms with van der Waals surface area (Å²) in [4.78, 5) is 13.3. The third-order valence-corrected chi connectivity index (χ3v) is 17.8. The van der Waals surface area contributed by atoms with Gasteiger partial charge in [0.25, 0.3) is 0 Å². The van der Waals surface area contributed by atoms with E-state index in [9.17, 15) is 61.0 Å². The maximum absolute atomic E-state index is 13.3. The van der Waals surface area contributed by atoms with Crippen molar-refractivity contribution in [3.05, 3.63) is 12.2 Å². The van der Waals surface area contributed by atoms with E-state index >= 15 is 0 Å². The zero-order chi connectivity index (χ0) is 62.6. The molecular formula is C67H127NO18. The third-order valence-electron chi connectivity index (χ3n) is 17.8. The number of carbonyl (C=O) groups excluding carboxylic acids is 1. The number of carbonyl (C=O) groups is 1. The molecule has 0 saturated carbocycles. The molecule has 0 aromatic carbocycles. The predicted molar refractivity (Wildman–Crippen MR) is 333 cm³/mol. The summed E-state index contributed by atoms with van der Waals surface area (Å²) in [6.45, 7) is 1.72. The molecule has 3 rings (SSSR count). The maximum Gasteiger partial charge on any atom is 0.220 e. The van der Waals surface area contributed by atoms with E-state index in [1.54, 1.807) is 6.08 Å². The van der Waals surface area contributed by atoms with Gasteiger partial charge in [-0.2, -0.15) is 0 Å². The van der Waals surface area contributed by atoms with Crippen LogP contribution >= 0.6 is 0 Å². The Morgan fingerprint density at radius 1 is 0.407 bits per heavy atom. The molecule has 3 fully saturated rings. The summed E-state index contributed by atoms with van der Waals surface area (Å²) in [5.74, 6) is -0.272. The number of hydrogen-bond donors (Lipinski definition) is 12. The SMILES string of the molecule is CCCCCCCCC/C=C/C(O)C(COC1OC(CO)C(OC2OC(CO)C(OC3OC(CO)C(O)C(O)C3O)C(O)C2O)C(O)C1O)NC(=O)CCCCCCCCCCCCCCCCCCCCCCCCCCCCCCCCCC. The highest BCUT2D eigenvalue weighted by Gasteiger charge is 2.53. The van der Waals surface area contributed by atoms with Gasteiger partial charge in [-0.05, 0) is 19.3 Å². The molecule has 1 amide bonds. The number of allylic oxidation sites excluding steroid dienone is 1. The van der Waals surface area contributed by atoms with E-state index in [0.29, 0.717) is 6.42 Å². The van der Waals surface area contributed by atoms with Crippen molar-refractivity contribution in [1.29, 1.82) is 0 Å². The Morgan fingerprint density at radius 2 is 0.721 bits per heavy atom. The molecule has 0 radical (unpaired) electrons. The van der Waals surface area contributed by atoms with Crippen LogP contribution in [0.1, 0.15) is 277 Å². The van der Waals surface area contributed by atoms with E-state index in [0.717, 1.165) is 44.9 Å². The molecule has 0 aromatic rings. The molecule has 3 aliphatic heterocycles. The number of aliphatic hydroxyl groups excluding tert-OH is 11. The number of hydrogen-bond acceptors (Lipinski definition) is 18. The van der Waals surface area contributed by atoms with Crippen molar-refractivity contribution < 1.29 is 89.4 Å². The number of ether oxygens (including phenoxy) is 6. The van der Waals surface area contributed by atoms with Crippen molar-refractivity contribution >= 4 is 5.91 Å². The fraction of sp³-hybridized carbons (Fsp3) is 0.955. The second-order valence-corrected chi connectivity index (χ2v) is 25.4. The topological polar surface area (TPSA) is 307 Å². The van der Waals surface area contributed by atoms with Gasteiger partial charge in [0.1, 0.15) is 73.2 Å². The van der Waals surface area contributed by atoms with E-state index in [4.69, 9.17) is 28.4 Å². The van der Waals surface area contributed by atoms with Gasteiger partial charge in [0, 0.05) is 6.42 Å². The van der Waals surface area contributed by atoms with E-state index in [1.165, 1.54) is 205 Å². The van der Waals surface area contributed by atoms with Gasteiger partial charge >= 0.3 is 0 Å². The Kier molecular flexibility index (Phi) is 45.9. The summed E-state index contributed by atoms with van der Waals surface area (Å²) in [5.41, 5.74) is 0. The standard InChI is InChI=1S/C67H127NO18/c1-3-5-7-9-11-13-14-15-16-17-18-19-20-21-22-23-24-25-26-27-28-29-30-31-32-33-34-35-37-39-41-43-45-55(73)68-50(51(72)44-42-40-38-36-12-10-8-6-4-2)49-81-65-61(79)58(76)63(53(47-70)83-65)86-67-62(80)59(77)64(54(48-71)84-67)85-66-60(78)57(75)56(74)52(46-69)82-66/h42,44,50-54,56-67,69-72,74-80H,3-41,43,45-49H2,1-2H3,(H,68,73)/b44-42+. The van der Waals surface area contributed by atoms with E-state index in [1.807, 2.05) is 6.08 Å². The molecule has 86 heavy (non-hydrogen) atoms. The van der Waals surface area contributed by atoms with Crippen molar-refractivity contribution in [1.82, 2.24) is 5.32 Å². The van der Waals surface area contributed by atoms with Gasteiger partial charge in [-0.3, -0.25) is 4.79 Å². The Balaban J connectivity index is 1.32. The average Bonchev–Trinajstić information content (AvgIpc) is 1.71. The van der Waals surface area contributed by atoms with Crippen molar-refractivity contribution in [3.8, 4) is 0 Å². The third kappa shape index (κ3) is 32.2. The lowest BCUT2D eigenvalue weighted by Gasteiger charge is -2.48. The van der Waals surface area contributed by atoms with Gasteiger partial charge in [0.15, 0.2) is 18.9 Å². The Bertz CT molecular complexity index is 1620. The zero-order valence-electron chi connectivity index (χ0n) is 53.6. The molecule has 0 bridgehead atoms. The quantitative estimate of drug-likeness (QED) is 0.0200. The molecule has 17 atom stereocenters. The van der Waals surface area contributed by atoms with Crippen molar-refractivity contribution in [3.63, 3.8) is 0 Å². The first-order valence-electron chi connectivity index (χ1n) is 34.9. The largest absolute Gasteiger partial charge is 0.394 e. The van der Waals surface area contributed by atoms with Crippen LogP contribution in [0.25, 0.3) is 0 Å². The second kappa shape index (κ2) is 50.1. The fourth-order valence-electron chi connectivity index (χ4n) is 12.1. The van der Waals surface area contributed by atoms with Gasteiger partial charge in [-0.15, -0.1) is 0 Å². The summed E-state index contributed by atoms with van der Waals surface area (Å²) < 4.78 is 34.2. The second-order valence-electron chi connectivity index (χ2n) is 25.4. The highest BCUT2D eigenvalue weighted by atomic mass is 16.8. The summed E-state index contributed by atoms with van der Waals surface area (Å²) in [5, 5.41) is 120. The summed E-state index contributed by atoms with van der Waals surface area (Å²) in [7, 11) is 0. The molecule has 0 aliphatic carbocycles. The molecular weight excluding hydrogens is 1110 g/mol. The number of nitrogens with one attached hydrogen (secondary N) is 1. The minimum Gasteiger partial charge on any atom is -0.394 e. The normalized spacial score (nSPS) is 28.8. The highest BCUT2D eigenvalue weighted by molar-refractivity contribution is 5.76. The first kappa shape index (κ1) is 78.8. The molecule has 0 spiro atoms. The van der Waals surface area contributed by atoms with Crippen LogP contribution in [0.3, 0.4) is 0 Å². The van der Waals surface area contributed by atoms with E-state index in [2.05, 4.69) is 19.2 Å². The van der Waals surface area contributed by atoms with Crippen molar-refractivity contribution in [2.75, 3.05) is 26.4 Å². The van der Waals surface area contributed by atoms with Gasteiger partial charge in [0.2, 0.25) is 5.91 Å². The predicted octanol–water partition coefficient (Wildman–Crippen LogP) is 8.89. The van der Waals surface area contributed by atoms with E-state index in [-0.39, 0.29) is 18.9 Å². The summed E-state index contributed by atoms with van der Waals surface area (Å²) >= 11 is 0. The summed E-state index contributed by atoms with van der Waals surface area (Å²) in [6, 6.07) is -0.966. The molecule has 3 aliphatic rings. The molecule has 19 heteroatoms. The molecule has 19 nitrogen and oxygen atoms in total. The lowest BCUT2D eigenvalue weighted by Crippen LogP contribution is -2.66. The van der Waals surface area contributed by atoms with Crippen molar-refractivity contribution in [2.45, 2.75) is 381 Å². The molecule has 12 N–H and O–H groups in total. The Morgan fingerprint density at radius 3 is 1.09 bits per heavy atom. The lowest BCUT2D eigenvalue weighted by atomic mass is 9.96. The van der Waals surface area contributed by atoms with Crippen LogP contribution in [0.5, 0.6) is 0 Å². The average molecular weight is 1230 g/mol. The molecule has 3 heterocycles. The number of rotatable bonds is 54. The minimum atomic E-state index is -1.97. The Hall–Kier alpha value is -1.47. The number of unbranched alkanes of at least 4 members (excludes halogenated alkanes) is 38.